The SMILES string of the molecule is CC(C)C(=C1CC1)C(C)(C)CC1CC(C)(F)C1. The van der Waals surface area contributed by atoms with Crippen molar-refractivity contribution in [1.82, 2.24) is 0 Å². The van der Waals surface area contributed by atoms with Gasteiger partial charge in [0.2, 0.25) is 0 Å². The molecule has 0 spiro atoms. The van der Waals surface area contributed by atoms with Gasteiger partial charge >= 0.3 is 0 Å². The maximum atomic E-state index is 13.5. The second kappa shape index (κ2) is 4.10. The second-order valence-corrected chi connectivity index (χ2v) is 7.45. The normalized spacial score (nSPS) is 32.6. The van der Waals surface area contributed by atoms with Crippen LogP contribution >= 0.6 is 0 Å². The zero-order chi connectivity index (χ0) is 12.8. The van der Waals surface area contributed by atoms with Crippen molar-refractivity contribution in [2.45, 2.75) is 72.4 Å². The molecular weight excluding hydrogens is 211 g/mol. The molecule has 2 rings (SSSR count). The highest BCUT2D eigenvalue weighted by Crippen LogP contribution is 2.51. The number of hydrogen-bond donors (Lipinski definition) is 0. The average Bonchev–Trinajstić information content (AvgIpc) is 2.82. The van der Waals surface area contributed by atoms with Gasteiger partial charge < -0.3 is 0 Å². The first kappa shape index (κ1) is 13.1. The Morgan fingerprint density at radius 1 is 1.35 bits per heavy atom. The standard InChI is InChI=1S/C16H27F/c1-11(2)14(13-6-7-13)15(3,4)8-12-9-16(5,17)10-12/h11-12H,6-10H2,1-5H3. The summed E-state index contributed by atoms with van der Waals surface area (Å²) in [6.07, 6.45) is 5.34. The molecule has 2 saturated carbocycles. The lowest BCUT2D eigenvalue weighted by Gasteiger charge is -2.44. The van der Waals surface area contributed by atoms with Crippen LogP contribution in [0.3, 0.4) is 0 Å². The van der Waals surface area contributed by atoms with Crippen LogP contribution in [0.4, 0.5) is 4.39 Å². The third kappa shape index (κ3) is 2.92. The number of alkyl halides is 1. The van der Waals surface area contributed by atoms with Crippen LogP contribution in [0.15, 0.2) is 11.1 Å². The Balaban J connectivity index is 2.01. The van der Waals surface area contributed by atoms with E-state index < -0.39 is 5.67 Å². The lowest BCUT2D eigenvalue weighted by molar-refractivity contribution is 0.00739. The molecule has 0 amide bonds. The van der Waals surface area contributed by atoms with Gasteiger partial charge in [-0.1, -0.05) is 38.8 Å². The molecule has 2 fully saturated rings. The highest BCUT2D eigenvalue weighted by molar-refractivity contribution is 5.31. The van der Waals surface area contributed by atoms with Crippen molar-refractivity contribution in [2.75, 3.05) is 0 Å². The van der Waals surface area contributed by atoms with Gasteiger partial charge in [0.15, 0.2) is 0 Å². The second-order valence-electron chi connectivity index (χ2n) is 7.45. The molecule has 0 N–H and O–H groups in total. The fourth-order valence-electron chi connectivity index (χ4n) is 4.12. The fraction of sp³-hybridized carbons (Fsp3) is 0.875. The summed E-state index contributed by atoms with van der Waals surface area (Å²) in [5.74, 6) is 1.26. The van der Waals surface area contributed by atoms with Crippen LogP contribution in [0.25, 0.3) is 0 Å². The highest BCUT2D eigenvalue weighted by atomic mass is 19.1. The Labute approximate surface area is 106 Å². The molecule has 17 heavy (non-hydrogen) atoms. The van der Waals surface area contributed by atoms with Gasteiger partial charge in [-0.05, 0) is 56.3 Å². The van der Waals surface area contributed by atoms with Crippen LogP contribution in [0.5, 0.6) is 0 Å². The van der Waals surface area contributed by atoms with Crippen LogP contribution in [-0.2, 0) is 0 Å². The van der Waals surface area contributed by atoms with E-state index >= 15 is 0 Å². The van der Waals surface area contributed by atoms with E-state index in [1.807, 2.05) is 0 Å². The molecule has 0 nitrogen and oxygen atoms in total. The van der Waals surface area contributed by atoms with Gasteiger partial charge in [-0.25, -0.2) is 4.39 Å². The van der Waals surface area contributed by atoms with E-state index in [9.17, 15) is 4.39 Å². The third-order valence-corrected chi connectivity index (χ3v) is 4.41. The van der Waals surface area contributed by atoms with E-state index in [1.165, 1.54) is 19.3 Å². The van der Waals surface area contributed by atoms with Crippen LogP contribution in [0, 0.1) is 17.3 Å². The maximum absolute atomic E-state index is 13.5. The molecule has 0 atom stereocenters. The van der Waals surface area contributed by atoms with Crippen molar-refractivity contribution in [1.29, 1.82) is 0 Å². The molecule has 2 aliphatic carbocycles. The van der Waals surface area contributed by atoms with E-state index in [1.54, 1.807) is 18.1 Å². The minimum atomic E-state index is -0.870. The van der Waals surface area contributed by atoms with E-state index in [-0.39, 0.29) is 5.41 Å². The summed E-state index contributed by atoms with van der Waals surface area (Å²) in [5, 5.41) is 0. The summed E-state index contributed by atoms with van der Waals surface area (Å²) in [5.41, 5.74) is 2.77. The number of hydrogen-bond acceptors (Lipinski definition) is 0. The quantitative estimate of drug-likeness (QED) is 0.584. The van der Waals surface area contributed by atoms with Gasteiger partial charge in [0.1, 0.15) is 5.67 Å². The first-order chi connectivity index (χ1) is 7.71. The van der Waals surface area contributed by atoms with E-state index in [2.05, 4.69) is 27.7 Å². The zero-order valence-corrected chi connectivity index (χ0v) is 12.1. The predicted octanol–water partition coefficient (Wildman–Crippen LogP) is 5.29. The summed E-state index contributed by atoms with van der Waals surface area (Å²) in [6, 6.07) is 0. The molecule has 2 aliphatic rings. The van der Waals surface area contributed by atoms with Crippen LogP contribution in [0.1, 0.15) is 66.7 Å². The summed E-state index contributed by atoms with van der Waals surface area (Å²) in [7, 11) is 0. The zero-order valence-electron chi connectivity index (χ0n) is 12.1. The van der Waals surface area contributed by atoms with Crippen LogP contribution in [0.2, 0.25) is 0 Å². The largest absolute Gasteiger partial charge is 0.244 e. The summed E-state index contributed by atoms with van der Waals surface area (Å²) >= 11 is 0. The predicted molar refractivity (Wildman–Crippen MR) is 71.7 cm³/mol. The molecule has 0 aromatic rings. The first-order valence-corrected chi connectivity index (χ1v) is 7.12. The Morgan fingerprint density at radius 3 is 2.24 bits per heavy atom. The van der Waals surface area contributed by atoms with Gasteiger partial charge in [0.25, 0.3) is 0 Å². The van der Waals surface area contributed by atoms with Gasteiger partial charge in [-0.15, -0.1) is 0 Å². The van der Waals surface area contributed by atoms with Gasteiger partial charge in [0, 0.05) is 0 Å². The molecule has 0 saturated heterocycles. The summed E-state index contributed by atoms with van der Waals surface area (Å²) in [4.78, 5) is 0. The topological polar surface area (TPSA) is 0 Å². The van der Waals surface area contributed by atoms with Crippen molar-refractivity contribution in [3.63, 3.8) is 0 Å². The Morgan fingerprint density at radius 2 is 1.88 bits per heavy atom. The lowest BCUT2D eigenvalue weighted by atomic mass is 9.63. The molecule has 98 valence electrons. The highest BCUT2D eigenvalue weighted by Gasteiger charge is 2.44. The minimum Gasteiger partial charge on any atom is -0.244 e. The van der Waals surface area contributed by atoms with E-state index in [0.29, 0.717) is 11.8 Å². The number of halogens is 1. The maximum Gasteiger partial charge on any atom is 0.108 e. The smallest absolute Gasteiger partial charge is 0.108 e. The monoisotopic (exact) mass is 238 g/mol. The Hall–Kier alpha value is -0.330. The molecule has 0 unspecified atom stereocenters. The average molecular weight is 238 g/mol. The third-order valence-electron chi connectivity index (χ3n) is 4.41. The van der Waals surface area contributed by atoms with Crippen molar-refractivity contribution >= 4 is 0 Å². The molecule has 1 heteroatoms. The Bertz CT molecular complexity index is 319. The van der Waals surface area contributed by atoms with Gasteiger partial charge in [-0.3, -0.25) is 0 Å². The van der Waals surface area contributed by atoms with Crippen molar-refractivity contribution < 1.29 is 4.39 Å². The molecular formula is C16H27F. The molecule has 0 heterocycles. The summed E-state index contributed by atoms with van der Waals surface area (Å²) < 4.78 is 13.5. The van der Waals surface area contributed by atoms with Crippen LogP contribution in [-0.4, -0.2) is 5.67 Å². The first-order valence-electron chi connectivity index (χ1n) is 7.12. The molecule has 0 aromatic carbocycles. The van der Waals surface area contributed by atoms with E-state index in [0.717, 1.165) is 12.8 Å². The lowest BCUT2D eigenvalue weighted by Crippen LogP contribution is -2.39. The fourth-order valence-corrected chi connectivity index (χ4v) is 4.12. The van der Waals surface area contributed by atoms with E-state index in [4.69, 9.17) is 0 Å². The summed E-state index contributed by atoms with van der Waals surface area (Å²) in [6.45, 7) is 11.1. The van der Waals surface area contributed by atoms with Crippen molar-refractivity contribution in [3.05, 3.63) is 11.1 Å². The molecule has 0 radical (unpaired) electrons. The number of allylic oxidation sites excluding steroid dienone is 2. The number of rotatable bonds is 4. The van der Waals surface area contributed by atoms with Crippen LogP contribution < -0.4 is 0 Å². The van der Waals surface area contributed by atoms with Crippen molar-refractivity contribution in [2.24, 2.45) is 17.3 Å². The van der Waals surface area contributed by atoms with Gasteiger partial charge in [0.05, 0.1) is 0 Å². The Kier molecular flexibility index (Phi) is 3.16. The molecule has 0 aliphatic heterocycles. The molecule has 0 bridgehead atoms. The molecule has 0 aromatic heterocycles. The van der Waals surface area contributed by atoms with Crippen molar-refractivity contribution in [3.8, 4) is 0 Å². The van der Waals surface area contributed by atoms with Gasteiger partial charge in [-0.2, -0.15) is 0 Å². The minimum absolute atomic E-state index is 0.279.